The predicted octanol–water partition coefficient (Wildman–Crippen LogP) is 2.45. The Morgan fingerprint density at radius 1 is 1.05 bits per heavy atom. The Labute approximate surface area is 225 Å². The van der Waals surface area contributed by atoms with Gasteiger partial charge in [0.25, 0.3) is 5.91 Å². The molecule has 1 aromatic heterocycles. The standard InChI is InChI=1S/C27H33N5O7/c1-27(2,3)39-26(37)31-21(25(35)36)13-28-24(34)18-11-9-17(10-12-18)14-32(23(33)16-38-4)15-22-29-19-7-5-6-8-20(19)30-22/h5-12,21H,13-16H2,1-4H3,(H,28,34)(H,29,30)(H,31,37)(H,35,36). The van der Waals surface area contributed by atoms with Crippen molar-refractivity contribution in [1.29, 1.82) is 0 Å². The predicted molar refractivity (Wildman–Crippen MR) is 142 cm³/mol. The van der Waals surface area contributed by atoms with E-state index in [0.717, 1.165) is 16.6 Å². The highest BCUT2D eigenvalue weighted by Gasteiger charge is 2.24. The van der Waals surface area contributed by atoms with Crippen molar-refractivity contribution in [3.63, 3.8) is 0 Å². The minimum absolute atomic E-state index is 0.0945. The molecule has 2 aromatic carbocycles. The van der Waals surface area contributed by atoms with Crippen LogP contribution < -0.4 is 10.6 Å². The van der Waals surface area contributed by atoms with Gasteiger partial charge in [0, 0.05) is 25.8 Å². The van der Waals surface area contributed by atoms with Crippen LogP contribution in [0.25, 0.3) is 11.0 Å². The van der Waals surface area contributed by atoms with Gasteiger partial charge in [0.2, 0.25) is 5.91 Å². The number of carboxylic acids is 1. The lowest BCUT2D eigenvalue weighted by molar-refractivity contribution is -0.139. The molecule has 0 radical (unpaired) electrons. The Bertz CT molecular complexity index is 1280. The second-order valence-electron chi connectivity index (χ2n) is 9.83. The number of imidazole rings is 1. The maximum absolute atomic E-state index is 12.7. The monoisotopic (exact) mass is 539 g/mol. The first-order chi connectivity index (χ1) is 18.4. The summed E-state index contributed by atoms with van der Waals surface area (Å²) in [5.74, 6) is -1.43. The van der Waals surface area contributed by atoms with E-state index in [1.165, 1.54) is 7.11 Å². The third kappa shape index (κ3) is 8.82. The van der Waals surface area contributed by atoms with Gasteiger partial charge in [-0.15, -0.1) is 0 Å². The third-order valence-corrected chi connectivity index (χ3v) is 5.44. The van der Waals surface area contributed by atoms with Crippen LogP contribution in [0.2, 0.25) is 0 Å². The van der Waals surface area contributed by atoms with Crippen LogP contribution in [-0.2, 0) is 32.2 Å². The van der Waals surface area contributed by atoms with E-state index in [1.807, 2.05) is 24.3 Å². The summed E-state index contributed by atoms with van der Waals surface area (Å²) in [4.78, 5) is 58.1. The molecular weight excluding hydrogens is 506 g/mol. The lowest BCUT2D eigenvalue weighted by Crippen LogP contribution is -2.49. The summed E-state index contributed by atoms with van der Waals surface area (Å²) < 4.78 is 10.1. The van der Waals surface area contributed by atoms with Gasteiger partial charge in [-0.25, -0.2) is 14.6 Å². The number of nitrogens with one attached hydrogen (secondary N) is 3. The largest absolute Gasteiger partial charge is 0.480 e. The number of aromatic nitrogens is 2. The maximum Gasteiger partial charge on any atom is 0.408 e. The molecule has 0 fully saturated rings. The van der Waals surface area contributed by atoms with Crippen molar-refractivity contribution in [1.82, 2.24) is 25.5 Å². The molecule has 0 aliphatic heterocycles. The summed E-state index contributed by atoms with van der Waals surface area (Å²) in [5.41, 5.74) is 1.92. The van der Waals surface area contributed by atoms with E-state index < -0.39 is 29.6 Å². The number of rotatable bonds is 11. The van der Waals surface area contributed by atoms with Gasteiger partial charge in [0.05, 0.1) is 17.6 Å². The molecule has 1 unspecified atom stereocenters. The smallest absolute Gasteiger partial charge is 0.408 e. The van der Waals surface area contributed by atoms with Crippen molar-refractivity contribution in [2.75, 3.05) is 20.3 Å². The zero-order valence-corrected chi connectivity index (χ0v) is 22.3. The van der Waals surface area contributed by atoms with Crippen molar-refractivity contribution in [2.45, 2.75) is 45.5 Å². The molecule has 0 aliphatic carbocycles. The lowest BCUT2D eigenvalue weighted by Gasteiger charge is -2.22. The number of carbonyl (C=O) groups is 4. The van der Waals surface area contributed by atoms with E-state index in [4.69, 9.17) is 9.47 Å². The molecule has 1 heterocycles. The molecule has 3 rings (SSSR count). The highest BCUT2D eigenvalue weighted by Crippen LogP contribution is 2.15. The molecule has 0 aliphatic rings. The van der Waals surface area contributed by atoms with Crippen molar-refractivity contribution >= 4 is 34.9 Å². The van der Waals surface area contributed by atoms with E-state index in [9.17, 15) is 24.3 Å². The van der Waals surface area contributed by atoms with Crippen molar-refractivity contribution in [3.8, 4) is 0 Å². The summed E-state index contributed by atoms with van der Waals surface area (Å²) in [7, 11) is 1.45. The van der Waals surface area contributed by atoms with Gasteiger partial charge in [0.15, 0.2) is 0 Å². The number of H-pyrrole nitrogens is 1. The van der Waals surface area contributed by atoms with Gasteiger partial charge >= 0.3 is 12.1 Å². The number of aliphatic carboxylic acids is 1. The first kappa shape index (κ1) is 29.1. The number of amides is 3. The molecule has 208 valence electrons. The number of aromatic amines is 1. The summed E-state index contributed by atoms with van der Waals surface area (Å²) >= 11 is 0. The topological polar surface area (TPSA) is 163 Å². The van der Waals surface area contributed by atoms with Crippen molar-refractivity contribution in [3.05, 3.63) is 65.5 Å². The number of hydrogen-bond donors (Lipinski definition) is 4. The average Bonchev–Trinajstić information content (AvgIpc) is 3.27. The van der Waals surface area contributed by atoms with Crippen LogP contribution in [0, 0.1) is 0 Å². The molecular formula is C27H33N5O7. The van der Waals surface area contributed by atoms with Crippen molar-refractivity contribution in [2.24, 2.45) is 0 Å². The summed E-state index contributed by atoms with van der Waals surface area (Å²) in [6.45, 7) is 5.01. The number of methoxy groups -OCH3 is 1. The first-order valence-electron chi connectivity index (χ1n) is 12.2. The van der Waals surface area contributed by atoms with Gasteiger partial charge in [-0.05, 0) is 50.6 Å². The molecule has 0 bridgehead atoms. The zero-order valence-electron chi connectivity index (χ0n) is 22.3. The molecule has 12 heteroatoms. The minimum atomic E-state index is -1.37. The normalized spacial score (nSPS) is 12.0. The number of hydrogen-bond acceptors (Lipinski definition) is 7. The molecule has 0 saturated heterocycles. The van der Waals surface area contributed by atoms with Gasteiger partial charge in [0.1, 0.15) is 24.1 Å². The minimum Gasteiger partial charge on any atom is -0.480 e. The van der Waals surface area contributed by atoms with Gasteiger partial charge < -0.3 is 35.1 Å². The number of ether oxygens (including phenoxy) is 2. The van der Waals surface area contributed by atoms with Crippen LogP contribution in [0.4, 0.5) is 4.79 Å². The summed E-state index contributed by atoms with van der Waals surface area (Å²) in [6, 6.07) is 12.7. The number of nitrogens with zero attached hydrogens (tertiary/aromatic N) is 2. The number of alkyl carbamates (subject to hydrolysis) is 1. The van der Waals surface area contributed by atoms with Crippen LogP contribution in [0.3, 0.4) is 0 Å². The van der Waals surface area contributed by atoms with E-state index in [1.54, 1.807) is 49.9 Å². The SMILES string of the molecule is COCC(=O)N(Cc1ccc(C(=O)NCC(NC(=O)OC(C)(C)C)C(=O)O)cc1)Cc1nc2ccccc2[nH]1. The van der Waals surface area contributed by atoms with Crippen molar-refractivity contribution < 1.29 is 33.8 Å². The fourth-order valence-electron chi connectivity index (χ4n) is 3.64. The van der Waals surface area contributed by atoms with E-state index in [-0.39, 0.29) is 37.7 Å². The van der Waals surface area contributed by atoms with Crippen LogP contribution in [0.15, 0.2) is 48.5 Å². The molecule has 12 nitrogen and oxygen atoms in total. The number of benzene rings is 2. The summed E-state index contributed by atoms with van der Waals surface area (Å²) in [5, 5.41) is 14.1. The van der Waals surface area contributed by atoms with E-state index >= 15 is 0 Å². The molecule has 3 amide bonds. The Morgan fingerprint density at radius 3 is 2.36 bits per heavy atom. The molecule has 0 saturated carbocycles. The van der Waals surface area contributed by atoms with Gasteiger partial charge in [-0.2, -0.15) is 0 Å². The van der Waals surface area contributed by atoms with Gasteiger partial charge in [-0.1, -0.05) is 24.3 Å². The second kappa shape index (κ2) is 12.9. The lowest BCUT2D eigenvalue weighted by atomic mass is 10.1. The van der Waals surface area contributed by atoms with Gasteiger partial charge in [-0.3, -0.25) is 9.59 Å². The number of fused-ring (bicyclic) bond motifs is 1. The number of para-hydroxylation sites is 2. The van der Waals surface area contributed by atoms with Crippen LogP contribution in [0.1, 0.15) is 42.5 Å². The quantitative estimate of drug-likeness (QED) is 0.289. The zero-order chi connectivity index (χ0) is 28.6. The molecule has 39 heavy (non-hydrogen) atoms. The van der Waals surface area contributed by atoms with E-state index in [0.29, 0.717) is 5.82 Å². The average molecular weight is 540 g/mol. The Morgan fingerprint density at radius 2 is 1.74 bits per heavy atom. The molecule has 1 atom stereocenters. The molecule has 4 N–H and O–H groups in total. The van der Waals surface area contributed by atoms with E-state index in [2.05, 4.69) is 20.6 Å². The second-order valence-corrected chi connectivity index (χ2v) is 9.83. The number of carboxylic acid groups (broad SMARTS) is 1. The van der Waals surface area contributed by atoms with Crippen LogP contribution in [-0.4, -0.2) is 75.8 Å². The first-order valence-corrected chi connectivity index (χ1v) is 12.2. The van der Waals surface area contributed by atoms with Crippen LogP contribution >= 0.6 is 0 Å². The fourth-order valence-corrected chi connectivity index (χ4v) is 3.64. The third-order valence-electron chi connectivity index (χ3n) is 5.44. The highest BCUT2D eigenvalue weighted by molar-refractivity contribution is 5.94. The maximum atomic E-state index is 12.7. The molecule has 0 spiro atoms. The summed E-state index contributed by atoms with van der Waals surface area (Å²) in [6.07, 6.45) is -0.899. The number of carbonyl (C=O) groups excluding carboxylic acids is 3. The Hall–Kier alpha value is -4.45. The Kier molecular flexibility index (Phi) is 9.61. The van der Waals surface area contributed by atoms with Crippen LogP contribution in [0.5, 0.6) is 0 Å². The fraction of sp³-hybridized carbons (Fsp3) is 0.370. The highest BCUT2D eigenvalue weighted by atomic mass is 16.6. The Balaban J connectivity index is 1.62. The molecule has 3 aromatic rings.